The molecule has 1 saturated heterocycles. The van der Waals surface area contributed by atoms with Gasteiger partial charge in [-0.3, -0.25) is 9.69 Å². The molecular weight excluding hydrogens is 417 g/mol. The van der Waals surface area contributed by atoms with E-state index in [9.17, 15) is 4.79 Å². The second-order valence-corrected chi connectivity index (χ2v) is 7.29. The van der Waals surface area contributed by atoms with E-state index in [-0.39, 0.29) is 12.5 Å². The fourth-order valence-electron chi connectivity index (χ4n) is 2.75. The molecule has 5 nitrogen and oxygen atoms in total. The van der Waals surface area contributed by atoms with Crippen molar-refractivity contribution in [2.45, 2.75) is 6.61 Å². The molecule has 8 heteroatoms. The van der Waals surface area contributed by atoms with Crippen LogP contribution in [-0.2, 0) is 11.4 Å². The van der Waals surface area contributed by atoms with E-state index in [2.05, 4.69) is 6.07 Å². The molecule has 0 spiro atoms. The highest BCUT2D eigenvalue weighted by atomic mass is 35.5. The predicted molar refractivity (Wildman–Crippen MR) is 113 cm³/mol. The molecule has 1 heterocycles. The molecular formula is C20H15Cl2N3O2S. The summed E-state index contributed by atoms with van der Waals surface area (Å²) in [7, 11) is 3.35. The van der Waals surface area contributed by atoms with Crippen molar-refractivity contribution < 1.29 is 9.53 Å². The summed E-state index contributed by atoms with van der Waals surface area (Å²) in [6, 6.07) is 12.6. The Balaban J connectivity index is 1.86. The zero-order valence-electron chi connectivity index (χ0n) is 15.1. The lowest BCUT2D eigenvalue weighted by atomic mass is 10.1. The van der Waals surface area contributed by atoms with Gasteiger partial charge < -0.3 is 9.64 Å². The summed E-state index contributed by atoms with van der Waals surface area (Å²) >= 11 is 17.9. The average Bonchev–Trinajstić information content (AvgIpc) is 2.85. The summed E-state index contributed by atoms with van der Waals surface area (Å²) in [5.74, 6) is 0.116. The Morgan fingerprint density at radius 2 is 1.82 bits per heavy atom. The monoisotopic (exact) mass is 431 g/mol. The van der Waals surface area contributed by atoms with E-state index in [1.165, 1.54) is 4.90 Å². The van der Waals surface area contributed by atoms with Crippen molar-refractivity contribution >= 4 is 52.5 Å². The van der Waals surface area contributed by atoms with Crippen molar-refractivity contribution in [2.24, 2.45) is 0 Å². The summed E-state index contributed by atoms with van der Waals surface area (Å²) in [5.41, 5.74) is 2.33. The van der Waals surface area contributed by atoms with Gasteiger partial charge in [0.05, 0.1) is 21.7 Å². The topological polar surface area (TPSA) is 56.6 Å². The number of nitriles is 1. The number of rotatable bonds is 4. The first kappa shape index (κ1) is 20.2. The van der Waals surface area contributed by atoms with Crippen molar-refractivity contribution in [2.75, 3.05) is 14.1 Å². The van der Waals surface area contributed by atoms with Crippen LogP contribution in [0.4, 0.5) is 0 Å². The first-order valence-corrected chi connectivity index (χ1v) is 9.37. The Kier molecular flexibility index (Phi) is 5.90. The molecule has 0 saturated carbocycles. The molecule has 0 aliphatic carbocycles. The number of thiocarbonyl (C=S) groups is 1. The molecule has 1 amide bonds. The second kappa shape index (κ2) is 8.19. The number of amides is 1. The molecule has 3 rings (SSSR count). The SMILES string of the molecule is CN1C(=O)/C(=C/c2cc(Cl)c(OCc3ccccc3C#N)c(Cl)c2)N(C)C1=S. The van der Waals surface area contributed by atoms with Gasteiger partial charge in [0.1, 0.15) is 12.3 Å². The minimum atomic E-state index is -0.201. The number of halogens is 2. The van der Waals surface area contributed by atoms with Gasteiger partial charge in [0.25, 0.3) is 5.91 Å². The van der Waals surface area contributed by atoms with E-state index < -0.39 is 0 Å². The van der Waals surface area contributed by atoms with Crippen molar-refractivity contribution in [3.63, 3.8) is 0 Å². The van der Waals surface area contributed by atoms with E-state index in [1.807, 2.05) is 6.07 Å². The van der Waals surface area contributed by atoms with Gasteiger partial charge >= 0.3 is 0 Å². The van der Waals surface area contributed by atoms with Crippen molar-refractivity contribution in [3.8, 4) is 11.8 Å². The number of hydrogen-bond donors (Lipinski definition) is 0. The van der Waals surface area contributed by atoms with Crippen LogP contribution in [0.2, 0.25) is 10.0 Å². The van der Waals surface area contributed by atoms with Crippen LogP contribution in [-0.4, -0.2) is 34.9 Å². The second-order valence-electron chi connectivity index (χ2n) is 6.11. The lowest BCUT2D eigenvalue weighted by molar-refractivity contribution is -0.121. The number of ether oxygens (including phenoxy) is 1. The number of carbonyl (C=O) groups is 1. The van der Waals surface area contributed by atoms with Crippen LogP contribution >= 0.6 is 35.4 Å². The molecule has 28 heavy (non-hydrogen) atoms. The lowest BCUT2D eigenvalue weighted by Gasteiger charge is -2.13. The fraction of sp³-hybridized carbons (Fsp3) is 0.150. The van der Waals surface area contributed by atoms with Gasteiger partial charge in [0.2, 0.25) is 0 Å². The highest BCUT2D eigenvalue weighted by Crippen LogP contribution is 2.36. The Bertz CT molecular complexity index is 1020. The van der Waals surface area contributed by atoms with E-state index in [1.54, 1.807) is 55.4 Å². The van der Waals surface area contributed by atoms with E-state index in [0.717, 1.165) is 5.56 Å². The number of nitrogens with zero attached hydrogens (tertiary/aromatic N) is 3. The molecule has 0 bridgehead atoms. The molecule has 1 aliphatic rings. The van der Waals surface area contributed by atoms with Crippen LogP contribution in [0.15, 0.2) is 42.1 Å². The van der Waals surface area contributed by atoms with Gasteiger partial charge in [-0.1, -0.05) is 41.4 Å². The molecule has 1 fully saturated rings. The van der Waals surface area contributed by atoms with Gasteiger partial charge in [-0.05, 0) is 42.1 Å². The molecule has 2 aromatic rings. The van der Waals surface area contributed by atoms with Crippen molar-refractivity contribution in [1.29, 1.82) is 5.26 Å². The third-order valence-electron chi connectivity index (χ3n) is 4.29. The largest absolute Gasteiger partial charge is 0.486 e. The van der Waals surface area contributed by atoms with Crippen LogP contribution in [0, 0.1) is 11.3 Å². The van der Waals surface area contributed by atoms with Gasteiger partial charge in [-0.15, -0.1) is 0 Å². The van der Waals surface area contributed by atoms with Crippen LogP contribution < -0.4 is 4.74 Å². The maximum absolute atomic E-state index is 12.3. The minimum Gasteiger partial charge on any atom is -0.486 e. The Morgan fingerprint density at radius 3 is 2.39 bits per heavy atom. The summed E-state index contributed by atoms with van der Waals surface area (Å²) in [6.07, 6.45) is 1.67. The zero-order chi connectivity index (χ0) is 20.4. The van der Waals surface area contributed by atoms with Crippen molar-refractivity contribution in [3.05, 3.63) is 68.8 Å². The molecule has 2 aromatic carbocycles. The standard InChI is InChI=1S/C20H15Cl2N3O2S/c1-24-17(19(26)25(2)20(24)28)9-12-7-15(21)18(16(22)8-12)27-11-14-6-4-3-5-13(14)10-23/h3-9H,11H2,1-2H3/b17-9-. The first-order chi connectivity index (χ1) is 13.3. The number of benzene rings is 2. The Morgan fingerprint density at radius 1 is 1.18 bits per heavy atom. The quantitative estimate of drug-likeness (QED) is 0.527. The molecule has 0 radical (unpaired) electrons. The summed E-state index contributed by atoms with van der Waals surface area (Å²) in [6.45, 7) is 0.157. The van der Waals surface area contributed by atoms with Gasteiger partial charge in [-0.25, -0.2) is 0 Å². The lowest BCUT2D eigenvalue weighted by Crippen LogP contribution is -2.26. The van der Waals surface area contributed by atoms with Crippen molar-refractivity contribution in [1.82, 2.24) is 9.80 Å². The maximum Gasteiger partial charge on any atom is 0.276 e. The van der Waals surface area contributed by atoms with Crippen LogP contribution in [0.3, 0.4) is 0 Å². The molecule has 0 aromatic heterocycles. The van der Waals surface area contributed by atoms with Crippen LogP contribution in [0.25, 0.3) is 6.08 Å². The number of hydrogen-bond acceptors (Lipinski definition) is 4. The minimum absolute atomic E-state index is 0.157. The Labute approximate surface area is 178 Å². The third-order valence-corrected chi connectivity index (χ3v) is 5.40. The number of carbonyl (C=O) groups excluding carboxylic acids is 1. The van der Waals surface area contributed by atoms with Crippen LogP contribution in [0.5, 0.6) is 5.75 Å². The third kappa shape index (κ3) is 3.83. The highest BCUT2D eigenvalue weighted by Gasteiger charge is 2.32. The first-order valence-electron chi connectivity index (χ1n) is 8.20. The maximum atomic E-state index is 12.3. The van der Waals surface area contributed by atoms with E-state index >= 15 is 0 Å². The fourth-order valence-corrected chi connectivity index (χ4v) is 3.55. The van der Waals surface area contributed by atoms with Gasteiger partial charge in [0.15, 0.2) is 10.9 Å². The van der Waals surface area contributed by atoms with E-state index in [0.29, 0.717) is 37.7 Å². The normalized spacial score (nSPS) is 15.3. The van der Waals surface area contributed by atoms with Crippen LogP contribution in [0.1, 0.15) is 16.7 Å². The molecule has 1 aliphatic heterocycles. The summed E-state index contributed by atoms with van der Waals surface area (Å²) in [4.78, 5) is 15.3. The highest BCUT2D eigenvalue weighted by molar-refractivity contribution is 7.80. The van der Waals surface area contributed by atoms with Gasteiger partial charge in [0, 0.05) is 19.7 Å². The summed E-state index contributed by atoms with van der Waals surface area (Å²) in [5, 5.41) is 10.2. The molecule has 0 N–H and O–H groups in total. The molecule has 142 valence electrons. The zero-order valence-corrected chi connectivity index (χ0v) is 17.4. The number of likely N-dealkylation sites (N-methyl/N-ethyl adjacent to an activating group) is 2. The smallest absolute Gasteiger partial charge is 0.276 e. The predicted octanol–water partition coefficient (Wildman–Crippen LogP) is 4.47. The average molecular weight is 432 g/mol. The Hall–Kier alpha value is -2.59. The molecule has 0 unspecified atom stereocenters. The molecule has 0 atom stereocenters. The summed E-state index contributed by atoms with van der Waals surface area (Å²) < 4.78 is 5.76. The van der Waals surface area contributed by atoms with Gasteiger partial charge in [-0.2, -0.15) is 5.26 Å². The van der Waals surface area contributed by atoms with E-state index in [4.69, 9.17) is 45.4 Å².